The third-order valence-electron chi connectivity index (χ3n) is 1.45. The Kier molecular flexibility index (Phi) is 2.68. The van der Waals surface area contributed by atoms with E-state index in [0.29, 0.717) is 10.2 Å². The summed E-state index contributed by atoms with van der Waals surface area (Å²) in [7, 11) is 0. The summed E-state index contributed by atoms with van der Waals surface area (Å²) < 4.78 is 5.66. The Labute approximate surface area is 84.1 Å². The first-order valence-corrected chi connectivity index (χ1v) is 4.49. The van der Waals surface area contributed by atoms with Gasteiger partial charge in [-0.15, -0.1) is 4.99 Å². The van der Waals surface area contributed by atoms with Gasteiger partial charge in [0.25, 0.3) is 0 Å². The van der Waals surface area contributed by atoms with Gasteiger partial charge in [0.15, 0.2) is 5.76 Å². The highest BCUT2D eigenvalue weighted by Crippen LogP contribution is 2.35. The Morgan fingerprint density at radius 2 is 2.15 bits per heavy atom. The smallest absolute Gasteiger partial charge is 0.242 e. The van der Waals surface area contributed by atoms with Crippen molar-refractivity contribution < 1.29 is 9.32 Å². The highest BCUT2D eigenvalue weighted by molar-refractivity contribution is 9.10. The summed E-state index contributed by atoms with van der Waals surface area (Å²) in [5.74, 6) is 0.904. The molecule has 0 unspecified atom stereocenters. The lowest BCUT2D eigenvalue weighted by Crippen LogP contribution is -2.10. The van der Waals surface area contributed by atoms with Crippen LogP contribution in [0.15, 0.2) is 14.0 Å². The van der Waals surface area contributed by atoms with Gasteiger partial charge in [-0.25, -0.2) is 4.79 Å². The molecule has 0 amide bonds. The third kappa shape index (κ3) is 2.05. The minimum Gasteiger partial charge on any atom is -0.357 e. The van der Waals surface area contributed by atoms with E-state index in [1.807, 2.05) is 20.8 Å². The topological polar surface area (TPSA) is 55.5 Å². The van der Waals surface area contributed by atoms with Crippen molar-refractivity contribution >= 4 is 27.8 Å². The molecular formula is C8H9BrN2O2. The van der Waals surface area contributed by atoms with Crippen LogP contribution >= 0.6 is 15.9 Å². The molecule has 0 bridgehead atoms. The van der Waals surface area contributed by atoms with Crippen LogP contribution in [0.4, 0.5) is 5.82 Å². The van der Waals surface area contributed by atoms with Gasteiger partial charge in [-0.05, 0) is 15.9 Å². The molecule has 0 aliphatic carbocycles. The molecule has 70 valence electrons. The van der Waals surface area contributed by atoms with Crippen LogP contribution in [0.1, 0.15) is 26.5 Å². The molecule has 0 spiro atoms. The molecule has 0 radical (unpaired) electrons. The summed E-state index contributed by atoms with van der Waals surface area (Å²) in [5, 5.41) is 3.62. The lowest BCUT2D eigenvalue weighted by molar-refractivity contribution is 0.329. The summed E-state index contributed by atoms with van der Waals surface area (Å²) in [6, 6.07) is 0. The fraction of sp³-hybridized carbons (Fsp3) is 0.500. The van der Waals surface area contributed by atoms with Crippen molar-refractivity contribution in [2.75, 3.05) is 0 Å². The van der Waals surface area contributed by atoms with Crippen LogP contribution in [0.3, 0.4) is 0 Å². The van der Waals surface area contributed by atoms with E-state index in [-0.39, 0.29) is 11.2 Å². The first-order chi connectivity index (χ1) is 5.96. The van der Waals surface area contributed by atoms with Crippen LogP contribution in [-0.2, 0) is 10.2 Å². The monoisotopic (exact) mass is 244 g/mol. The molecule has 0 aliphatic rings. The lowest BCUT2D eigenvalue weighted by Gasteiger charge is -2.13. The molecule has 1 rings (SSSR count). The van der Waals surface area contributed by atoms with Crippen LogP contribution in [0.25, 0.3) is 0 Å². The Bertz CT molecular complexity index is 359. The fourth-order valence-electron chi connectivity index (χ4n) is 0.849. The number of halogens is 1. The molecule has 5 heteroatoms. The van der Waals surface area contributed by atoms with Gasteiger partial charge in [-0.1, -0.05) is 25.9 Å². The molecule has 0 fully saturated rings. The van der Waals surface area contributed by atoms with Crippen LogP contribution < -0.4 is 0 Å². The van der Waals surface area contributed by atoms with E-state index in [1.54, 1.807) is 0 Å². The van der Waals surface area contributed by atoms with Crippen LogP contribution in [0, 0.1) is 0 Å². The summed E-state index contributed by atoms with van der Waals surface area (Å²) in [5.41, 5.74) is -0.164. The zero-order valence-corrected chi connectivity index (χ0v) is 9.17. The minimum atomic E-state index is -0.164. The van der Waals surface area contributed by atoms with E-state index in [1.165, 1.54) is 6.08 Å². The number of aliphatic imine (C=N–C) groups is 1. The third-order valence-corrected chi connectivity index (χ3v) is 2.17. The second-order valence-corrected chi connectivity index (χ2v) is 4.40. The van der Waals surface area contributed by atoms with Gasteiger partial charge in [0, 0.05) is 5.41 Å². The van der Waals surface area contributed by atoms with Crippen molar-refractivity contribution in [1.82, 2.24) is 5.16 Å². The number of aromatic nitrogens is 1. The molecule has 4 nitrogen and oxygen atoms in total. The van der Waals surface area contributed by atoms with Crippen LogP contribution in [-0.4, -0.2) is 11.2 Å². The molecule has 0 saturated carbocycles. The SMILES string of the molecule is CC(C)(C)c1onc(N=C=O)c1Br. The first kappa shape index (κ1) is 10.2. The van der Waals surface area contributed by atoms with E-state index in [2.05, 4.69) is 26.1 Å². The second kappa shape index (κ2) is 3.44. The number of isocyanates is 1. The van der Waals surface area contributed by atoms with E-state index < -0.39 is 0 Å². The van der Waals surface area contributed by atoms with Crippen molar-refractivity contribution in [3.8, 4) is 0 Å². The molecule has 0 N–H and O–H groups in total. The Morgan fingerprint density at radius 3 is 2.54 bits per heavy atom. The molecule has 13 heavy (non-hydrogen) atoms. The Balaban J connectivity index is 3.21. The van der Waals surface area contributed by atoms with Crippen molar-refractivity contribution in [3.63, 3.8) is 0 Å². The molecular weight excluding hydrogens is 236 g/mol. The highest BCUT2D eigenvalue weighted by atomic mass is 79.9. The molecule has 1 aromatic heterocycles. The fourth-order valence-corrected chi connectivity index (χ4v) is 1.68. The first-order valence-electron chi connectivity index (χ1n) is 3.70. The van der Waals surface area contributed by atoms with Gasteiger partial charge in [-0.3, -0.25) is 0 Å². The van der Waals surface area contributed by atoms with Gasteiger partial charge >= 0.3 is 0 Å². The molecule has 0 atom stereocenters. The van der Waals surface area contributed by atoms with Crippen LogP contribution in [0.2, 0.25) is 0 Å². The van der Waals surface area contributed by atoms with Crippen molar-refractivity contribution in [2.45, 2.75) is 26.2 Å². The highest BCUT2D eigenvalue weighted by Gasteiger charge is 2.25. The van der Waals surface area contributed by atoms with Crippen LogP contribution in [0.5, 0.6) is 0 Å². The predicted molar refractivity (Wildman–Crippen MR) is 50.7 cm³/mol. The second-order valence-electron chi connectivity index (χ2n) is 3.60. The maximum atomic E-state index is 9.99. The van der Waals surface area contributed by atoms with Gasteiger partial charge in [0.1, 0.15) is 4.47 Å². The number of nitrogens with zero attached hydrogens (tertiary/aromatic N) is 2. The van der Waals surface area contributed by atoms with E-state index in [4.69, 9.17) is 4.52 Å². The summed E-state index contributed by atoms with van der Waals surface area (Å²) in [4.78, 5) is 13.4. The average Bonchev–Trinajstić information content (AvgIpc) is 2.32. The average molecular weight is 245 g/mol. The van der Waals surface area contributed by atoms with E-state index >= 15 is 0 Å². The number of hydrogen-bond donors (Lipinski definition) is 0. The summed E-state index contributed by atoms with van der Waals surface area (Å²) in [6.45, 7) is 5.94. The number of hydrogen-bond acceptors (Lipinski definition) is 4. The van der Waals surface area contributed by atoms with E-state index in [9.17, 15) is 4.79 Å². The quantitative estimate of drug-likeness (QED) is 0.564. The van der Waals surface area contributed by atoms with Crippen molar-refractivity contribution in [1.29, 1.82) is 0 Å². The Morgan fingerprint density at radius 1 is 1.54 bits per heavy atom. The zero-order chi connectivity index (χ0) is 10.1. The van der Waals surface area contributed by atoms with Gasteiger partial charge in [-0.2, -0.15) is 0 Å². The standard InChI is InChI=1S/C8H9BrN2O2/c1-8(2,3)6-5(9)7(10-4-12)11-13-6/h1-3H3. The van der Waals surface area contributed by atoms with Crippen molar-refractivity contribution in [2.24, 2.45) is 4.99 Å². The molecule has 0 aliphatic heterocycles. The largest absolute Gasteiger partial charge is 0.357 e. The number of carbonyl (C=O) groups excluding carboxylic acids is 1. The zero-order valence-electron chi connectivity index (χ0n) is 7.59. The summed E-state index contributed by atoms with van der Waals surface area (Å²) in [6.07, 6.45) is 1.41. The van der Waals surface area contributed by atoms with Gasteiger partial charge in [0.2, 0.25) is 11.9 Å². The molecule has 0 saturated heterocycles. The van der Waals surface area contributed by atoms with Crippen molar-refractivity contribution in [3.05, 3.63) is 10.2 Å². The van der Waals surface area contributed by atoms with Gasteiger partial charge < -0.3 is 4.52 Å². The molecule has 1 aromatic rings. The maximum Gasteiger partial charge on any atom is 0.242 e. The minimum absolute atomic E-state index is 0.164. The number of rotatable bonds is 1. The molecule has 0 aromatic carbocycles. The Hall–Kier alpha value is -0.930. The summed E-state index contributed by atoms with van der Waals surface area (Å²) >= 11 is 3.26. The predicted octanol–water partition coefficient (Wildman–Crippen LogP) is 2.70. The normalized spacial score (nSPS) is 11.1. The molecule has 1 heterocycles. The lowest BCUT2D eigenvalue weighted by atomic mass is 9.93. The maximum absolute atomic E-state index is 9.99. The van der Waals surface area contributed by atoms with E-state index in [0.717, 1.165) is 0 Å². The van der Waals surface area contributed by atoms with Gasteiger partial charge in [0.05, 0.1) is 0 Å².